The van der Waals surface area contributed by atoms with E-state index in [0.717, 1.165) is 75.5 Å². The Kier molecular flexibility index (Phi) is 22.4. The zero-order valence-corrected chi connectivity index (χ0v) is 75.3. The van der Waals surface area contributed by atoms with Crippen molar-refractivity contribution in [2.24, 2.45) is 0 Å². The van der Waals surface area contributed by atoms with Crippen LogP contribution in [0.25, 0.3) is 150 Å². The Hall–Kier alpha value is -16.7. The summed E-state index contributed by atoms with van der Waals surface area (Å²) in [6.45, 7) is 0. The summed E-state index contributed by atoms with van der Waals surface area (Å²) in [7, 11) is 0. The van der Waals surface area contributed by atoms with E-state index in [1.165, 1.54) is 28.2 Å². The highest BCUT2D eigenvalue weighted by Crippen LogP contribution is 2.48. The molecule has 0 radical (unpaired) electrons. The SMILES string of the molecule is Oc1ccc(Cc2nc3c(-c4cc5sc6ccsc6c5s4)nc(-c4ccc(O)cc4)cn3c2O)cc1.Oc1ccc(Cc2nc3c(-c4cc5sccc5s4)nc(-c4ccc(O)cc4)cn3c2O)cc1.Oc1ccc(Cc2nc3c(-c4ccc(O)cc4)nc(-c4ccc(O)cc4)cn3c2O)cc1.Oc1ccc(Cc2nc3c(-c4csc5ccccc45)nc(-c4ccc(O)cc4)cn3c2O)cc1. The van der Waals surface area contributed by atoms with Gasteiger partial charge in [0.05, 0.1) is 41.9 Å². The average molecular weight is 1890 g/mol. The van der Waals surface area contributed by atoms with E-state index in [1.54, 1.807) is 292 Å². The van der Waals surface area contributed by atoms with Crippen LogP contribution >= 0.6 is 68.0 Å². The maximum atomic E-state index is 11.2. The summed E-state index contributed by atoms with van der Waals surface area (Å²) < 4.78 is 15.2. The standard InChI is InChI=1S/C27H17N3O3S3.C27H19N3O3S.C25H19N3O4.C25H17N3O3S2/c31-16-5-1-14(2-6-16)11-18-27(33)30-13-19(15-3-7-17(32)8-4-15)28-23(26(30)29-18)21-12-22-25(36-21)24-20(35-22)9-10-34-24;31-18-9-5-16(6-10-18)13-22-27(33)30-14-23(17-7-11-19(32)12-8-17)28-25(26(30)29-22)21-15-34-24-4-2-1-3-20(21)24;29-18-7-1-15(2-8-18)13-21-25(32)28-14-22(16-3-9-19(30)10-4-16)26-23(24(28)27-21)17-5-11-20(31)12-6-17;29-16-5-1-14(2-6-16)11-18-25(31)28-13-19(15-3-7-17(30)8-4-15)26-23(24(28)27-18)22-12-21-20(33-22)9-10-32-21/h1-10,12-13,31-33H,11H2;1-12,14-15,31-33H,13H2;1-12,14,29-32H,13H2;1-10,12-13,29-31H,11H2. The zero-order valence-electron chi connectivity index (χ0n) is 70.4. The predicted molar refractivity (Wildman–Crippen MR) is 531 cm³/mol. The van der Waals surface area contributed by atoms with Gasteiger partial charge in [0, 0.05) is 118 Å². The number of thiophene rings is 6. The summed E-state index contributed by atoms with van der Waals surface area (Å²) in [5.74, 6) is 1.73. The molecule has 0 bridgehead atoms. The average Bonchev–Trinajstić information content (AvgIpc) is 1.60. The van der Waals surface area contributed by atoms with E-state index in [-0.39, 0.29) is 75.3 Å². The van der Waals surface area contributed by atoms with Gasteiger partial charge < -0.3 is 66.4 Å². The lowest BCUT2D eigenvalue weighted by Crippen LogP contribution is -1.96. The number of aromatic nitrogens is 12. The number of hydrogen-bond acceptors (Lipinski definition) is 27. The quantitative estimate of drug-likeness (QED) is 0.0427. The molecule has 24 rings (SSSR count). The van der Waals surface area contributed by atoms with Crippen molar-refractivity contribution in [3.63, 3.8) is 0 Å². The van der Waals surface area contributed by atoms with Crippen molar-refractivity contribution in [3.8, 4) is 164 Å². The van der Waals surface area contributed by atoms with E-state index in [0.29, 0.717) is 117 Å². The van der Waals surface area contributed by atoms with Crippen molar-refractivity contribution in [2.45, 2.75) is 25.7 Å². The van der Waals surface area contributed by atoms with E-state index < -0.39 is 0 Å². The lowest BCUT2D eigenvalue weighted by molar-refractivity contribution is 0.442. The first-order valence-electron chi connectivity index (χ1n) is 42.0. The van der Waals surface area contributed by atoms with Crippen molar-refractivity contribution < 1.29 is 66.4 Å². The van der Waals surface area contributed by atoms with Crippen LogP contribution in [0.5, 0.6) is 75.3 Å². The van der Waals surface area contributed by atoms with Gasteiger partial charge in [-0.25, -0.2) is 39.9 Å². The Morgan fingerprint density at radius 1 is 0.237 bits per heavy atom. The Bertz CT molecular complexity index is 8540. The molecule has 0 unspecified atom stereocenters. The van der Waals surface area contributed by atoms with E-state index in [1.807, 2.05) is 48.5 Å². The summed E-state index contributed by atoms with van der Waals surface area (Å²) in [5.41, 5.74) is 18.0. The first-order valence-corrected chi connectivity index (χ1v) is 47.1. The number of fused-ring (bicyclic) bond motifs is 9. The number of rotatable bonds is 16. The molecule has 0 saturated carbocycles. The van der Waals surface area contributed by atoms with Crippen LogP contribution in [0, 0.1) is 0 Å². The molecule has 0 aliphatic carbocycles. The second-order valence-electron chi connectivity index (χ2n) is 31.7. The highest BCUT2D eigenvalue weighted by molar-refractivity contribution is 7.39. The minimum absolute atomic E-state index is 0.00414. The van der Waals surface area contributed by atoms with Gasteiger partial charge in [0.15, 0.2) is 22.6 Å². The molecule has 13 N–H and O–H groups in total. The molecule has 0 fully saturated rings. The smallest absolute Gasteiger partial charge is 0.219 e. The summed E-state index contributed by atoms with van der Waals surface area (Å²) in [6.07, 6.45) is 8.63. The number of phenols is 9. The van der Waals surface area contributed by atoms with Crippen molar-refractivity contribution in [1.82, 2.24) is 57.5 Å². The molecule has 31 heteroatoms. The maximum Gasteiger partial charge on any atom is 0.219 e. The molecule has 135 heavy (non-hydrogen) atoms. The van der Waals surface area contributed by atoms with E-state index in [9.17, 15) is 66.4 Å². The second kappa shape index (κ2) is 35.5. The topological polar surface area (TPSA) is 384 Å². The molecule has 10 aromatic carbocycles. The van der Waals surface area contributed by atoms with Gasteiger partial charge in [-0.3, -0.25) is 17.6 Å². The van der Waals surface area contributed by atoms with Gasteiger partial charge >= 0.3 is 0 Å². The third kappa shape index (κ3) is 17.2. The van der Waals surface area contributed by atoms with Crippen LogP contribution in [-0.4, -0.2) is 124 Å². The monoisotopic (exact) mass is 1890 g/mol. The van der Waals surface area contributed by atoms with Gasteiger partial charge in [-0.2, -0.15) is 0 Å². The number of phenolic OH excluding ortho intramolecular Hbond substituents is 9. The molecule has 25 nitrogen and oxygen atoms in total. The number of benzene rings is 10. The van der Waals surface area contributed by atoms with Crippen LogP contribution in [0.1, 0.15) is 45.0 Å². The molecule has 0 aliphatic heterocycles. The van der Waals surface area contributed by atoms with Crippen molar-refractivity contribution in [2.75, 3.05) is 0 Å². The summed E-state index contributed by atoms with van der Waals surface area (Å²) >= 11 is 10.2. The third-order valence-electron chi connectivity index (χ3n) is 22.7. The largest absolute Gasteiger partial charge is 0.508 e. The molecule has 0 atom stereocenters. The van der Waals surface area contributed by atoms with Crippen molar-refractivity contribution >= 4 is 129 Å². The van der Waals surface area contributed by atoms with Crippen LogP contribution < -0.4 is 0 Å². The van der Waals surface area contributed by atoms with E-state index in [4.69, 9.17) is 34.9 Å². The zero-order chi connectivity index (χ0) is 92.4. The fourth-order valence-electron chi connectivity index (χ4n) is 15.9. The molecule has 662 valence electrons. The molecular formula is C104H72N12O13S6. The number of hydrogen-bond donors (Lipinski definition) is 13. The second-order valence-corrected chi connectivity index (χ2v) is 37.7. The molecule has 0 amide bonds. The molecular weight excluding hydrogens is 1820 g/mol. The molecule has 0 saturated heterocycles. The summed E-state index contributed by atoms with van der Waals surface area (Å²) in [6, 6.07) is 77.8. The van der Waals surface area contributed by atoms with Gasteiger partial charge in [0.2, 0.25) is 23.5 Å². The number of nitrogens with zero attached hydrogens (tertiary/aromatic N) is 12. The molecule has 24 aromatic rings. The number of imidazole rings is 4. The molecule has 14 heterocycles. The van der Waals surface area contributed by atoms with Gasteiger partial charge in [-0.05, 0) is 233 Å². The normalized spacial score (nSPS) is 11.5. The predicted octanol–water partition coefficient (Wildman–Crippen LogP) is 23.8. The minimum Gasteiger partial charge on any atom is -0.508 e. The van der Waals surface area contributed by atoms with Crippen molar-refractivity contribution in [3.05, 3.63) is 353 Å². The Morgan fingerprint density at radius 2 is 0.548 bits per heavy atom. The van der Waals surface area contributed by atoms with Gasteiger partial charge in [-0.15, -0.1) is 68.0 Å². The van der Waals surface area contributed by atoms with Gasteiger partial charge in [0.1, 0.15) is 97.3 Å². The van der Waals surface area contributed by atoms with E-state index >= 15 is 0 Å². The Labute approximate surface area is 789 Å². The van der Waals surface area contributed by atoms with Crippen LogP contribution in [0.15, 0.2) is 308 Å². The van der Waals surface area contributed by atoms with E-state index in [2.05, 4.69) is 57.5 Å². The van der Waals surface area contributed by atoms with Gasteiger partial charge in [-0.1, -0.05) is 66.7 Å². The van der Waals surface area contributed by atoms with Crippen LogP contribution in [0.4, 0.5) is 0 Å². The van der Waals surface area contributed by atoms with Crippen LogP contribution in [-0.2, 0) is 25.7 Å². The fraction of sp³-hybridized carbons (Fsp3) is 0.0385. The molecule has 0 spiro atoms. The Morgan fingerprint density at radius 3 is 0.933 bits per heavy atom. The molecule has 0 aliphatic rings. The van der Waals surface area contributed by atoms with Crippen LogP contribution in [0.2, 0.25) is 0 Å². The summed E-state index contributed by atoms with van der Waals surface area (Å²) in [4.78, 5) is 40.7. The van der Waals surface area contributed by atoms with Crippen LogP contribution in [0.3, 0.4) is 0 Å². The van der Waals surface area contributed by atoms with Crippen molar-refractivity contribution in [1.29, 1.82) is 0 Å². The molecule has 14 aromatic heterocycles. The lowest BCUT2D eigenvalue weighted by Gasteiger charge is -2.09. The Balaban J connectivity index is 0.000000108. The number of aromatic hydroxyl groups is 13. The summed E-state index contributed by atoms with van der Waals surface area (Å²) in [5, 5.41) is 138. The van der Waals surface area contributed by atoms with Gasteiger partial charge in [0.25, 0.3) is 0 Å². The lowest BCUT2D eigenvalue weighted by atomic mass is 10.1. The fourth-order valence-corrected chi connectivity index (χ4v) is 22.7. The highest BCUT2D eigenvalue weighted by atomic mass is 32.1. The highest BCUT2D eigenvalue weighted by Gasteiger charge is 2.27. The minimum atomic E-state index is -0.00414. The first kappa shape index (κ1) is 85.1. The maximum absolute atomic E-state index is 11.2. The first-order chi connectivity index (χ1) is 65.6. The third-order valence-corrected chi connectivity index (χ3v) is 29.4.